The number of carbonyl (C=O) groups is 2. The SMILES string of the molecule is CC(C)N1CCN(CCOc2ccc(-c3n[nH]c4c3C(=O)c3c(NC(=O)NN5CCOCC5)cccc3-4)cc2F)CC1.Cl.Cl.Cl. The van der Waals surface area contributed by atoms with E-state index >= 15 is 4.39 Å². The number of hydrogen-bond acceptors (Lipinski definition) is 8. The van der Waals surface area contributed by atoms with Gasteiger partial charge < -0.3 is 14.8 Å². The van der Waals surface area contributed by atoms with E-state index in [0.29, 0.717) is 78.3 Å². The number of piperazine rings is 1. The molecule has 246 valence electrons. The fourth-order valence-corrected chi connectivity index (χ4v) is 5.72. The van der Waals surface area contributed by atoms with Crippen molar-refractivity contribution in [2.45, 2.75) is 19.9 Å². The lowest BCUT2D eigenvalue weighted by atomic mass is 10.0. The number of ether oxygens (including phenoxy) is 2. The van der Waals surface area contributed by atoms with E-state index in [9.17, 15) is 9.59 Å². The fourth-order valence-electron chi connectivity index (χ4n) is 5.72. The maximum atomic E-state index is 15.1. The third-order valence-corrected chi connectivity index (χ3v) is 8.08. The van der Waals surface area contributed by atoms with Crippen LogP contribution in [0.15, 0.2) is 36.4 Å². The maximum absolute atomic E-state index is 15.1. The molecule has 3 aliphatic rings. The minimum Gasteiger partial charge on any atom is -0.489 e. The first-order valence-electron chi connectivity index (χ1n) is 14.4. The molecule has 0 bridgehead atoms. The van der Waals surface area contributed by atoms with E-state index in [1.54, 1.807) is 35.3 Å². The van der Waals surface area contributed by atoms with Crippen LogP contribution in [0.4, 0.5) is 14.9 Å². The van der Waals surface area contributed by atoms with Crippen molar-refractivity contribution in [3.63, 3.8) is 0 Å². The first kappa shape index (κ1) is 36.5. The number of nitrogens with one attached hydrogen (secondary N) is 3. The van der Waals surface area contributed by atoms with Crippen LogP contribution in [0.1, 0.15) is 29.8 Å². The monoisotopic (exact) mass is 685 g/mol. The summed E-state index contributed by atoms with van der Waals surface area (Å²) in [4.78, 5) is 31.1. The number of amides is 2. The van der Waals surface area contributed by atoms with Crippen LogP contribution in [0.5, 0.6) is 5.75 Å². The molecule has 45 heavy (non-hydrogen) atoms. The van der Waals surface area contributed by atoms with Gasteiger partial charge in [0.25, 0.3) is 0 Å². The second-order valence-corrected chi connectivity index (χ2v) is 11.0. The summed E-state index contributed by atoms with van der Waals surface area (Å²) in [6.45, 7) is 11.8. The average Bonchev–Trinajstić information content (AvgIpc) is 3.55. The molecular formula is C30H39Cl3FN7O4. The number of hydrazine groups is 1. The van der Waals surface area contributed by atoms with E-state index in [4.69, 9.17) is 9.47 Å². The second kappa shape index (κ2) is 16.0. The van der Waals surface area contributed by atoms with Gasteiger partial charge in [-0.3, -0.25) is 25.1 Å². The molecule has 15 heteroatoms. The van der Waals surface area contributed by atoms with Crippen LogP contribution < -0.4 is 15.5 Å². The number of ketones is 1. The number of H-pyrrole nitrogens is 1. The molecule has 3 aromatic rings. The zero-order chi connectivity index (χ0) is 29.2. The number of urea groups is 1. The summed E-state index contributed by atoms with van der Waals surface area (Å²) >= 11 is 0. The van der Waals surface area contributed by atoms with Gasteiger partial charge in [-0.2, -0.15) is 5.10 Å². The Balaban J connectivity index is 0.00000184. The molecule has 0 atom stereocenters. The molecule has 2 fully saturated rings. The number of aromatic amines is 1. The van der Waals surface area contributed by atoms with Crippen molar-refractivity contribution in [1.29, 1.82) is 0 Å². The first-order chi connectivity index (χ1) is 20.4. The number of rotatable bonds is 8. The quantitative estimate of drug-likeness (QED) is 0.249. The molecule has 6 rings (SSSR count). The molecule has 2 aliphatic heterocycles. The van der Waals surface area contributed by atoms with Gasteiger partial charge in [-0.15, -0.1) is 37.2 Å². The number of hydrogen-bond donors (Lipinski definition) is 3. The number of benzene rings is 2. The predicted octanol–water partition coefficient (Wildman–Crippen LogP) is 4.47. The summed E-state index contributed by atoms with van der Waals surface area (Å²) in [5.74, 6) is -0.637. The van der Waals surface area contributed by atoms with Gasteiger partial charge in [0.2, 0.25) is 0 Å². The highest BCUT2D eigenvalue weighted by Crippen LogP contribution is 2.43. The van der Waals surface area contributed by atoms with Crippen molar-refractivity contribution in [3.05, 3.63) is 53.3 Å². The Kier molecular flexibility index (Phi) is 13.0. The van der Waals surface area contributed by atoms with Gasteiger partial charge in [-0.25, -0.2) is 14.2 Å². The van der Waals surface area contributed by atoms with Crippen LogP contribution in [-0.4, -0.2) is 108 Å². The smallest absolute Gasteiger partial charge is 0.333 e. The summed E-state index contributed by atoms with van der Waals surface area (Å²) in [6, 6.07) is 9.99. The summed E-state index contributed by atoms with van der Waals surface area (Å²) in [7, 11) is 0. The van der Waals surface area contributed by atoms with E-state index < -0.39 is 11.8 Å². The number of aromatic nitrogens is 2. The number of morpholine rings is 1. The first-order valence-corrected chi connectivity index (χ1v) is 14.4. The summed E-state index contributed by atoms with van der Waals surface area (Å²) in [6.07, 6.45) is 0. The summed E-state index contributed by atoms with van der Waals surface area (Å²) in [5.41, 5.74) is 5.88. The number of anilines is 1. The van der Waals surface area contributed by atoms with Crippen LogP contribution in [0.2, 0.25) is 0 Å². The Morgan fingerprint density at radius 2 is 1.78 bits per heavy atom. The summed E-state index contributed by atoms with van der Waals surface area (Å²) in [5, 5.41) is 11.9. The zero-order valence-electron chi connectivity index (χ0n) is 25.1. The van der Waals surface area contributed by atoms with Gasteiger partial charge in [-0.05, 0) is 38.1 Å². The van der Waals surface area contributed by atoms with Gasteiger partial charge >= 0.3 is 6.03 Å². The van der Waals surface area contributed by atoms with E-state index in [1.807, 2.05) is 0 Å². The largest absolute Gasteiger partial charge is 0.489 e. The number of fused-ring (bicyclic) bond motifs is 3. The van der Waals surface area contributed by atoms with Gasteiger partial charge in [0.15, 0.2) is 17.3 Å². The molecule has 2 saturated heterocycles. The van der Waals surface area contributed by atoms with Crippen molar-refractivity contribution in [1.82, 2.24) is 30.4 Å². The van der Waals surface area contributed by atoms with Gasteiger partial charge in [0, 0.05) is 63.0 Å². The van der Waals surface area contributed by atoms with Crippen LogP contribution in [0.25, 0.3) is 22.5 Å². The zero-order valence-corrected chi connectivity index (χ0v) is 27.6. The Morgan fingerprint density at radius 3 is 2.47 bits per heavy atom. The Hall–Kier alpha value is -2.97. The van der Waals surface area contributed by atoms with Crippen LogP contribution in [0.3, 0.4) is 0 Å². The molecular weight excluding hydrogens is 648 g/mol. The molecule has 0 saturated carbocycles. The van der Waals surface area contributed by atoms with E-state index in [2.05, 4.69) is 44.6 Å². The molecule has 0 spiro atoms. The average molecular weight is 687 g/mol. The topological polar surface area (TPSA) is 115 Å². The molecule has 3 N–H and O–H groups in total. The normalized spacial score (nSPS) is 16.6. The number of nitrogens with zero attached hydrogens (tertiary/aromatic N) is 4. The number of carbonyl (C=O) groups excluding carboxylic acids is 2. The third kappa shape index (κ3) is 7.89. The van der Waals surface area contributed by atoms with Gasteiger partial charge in [0.1, 0.15) is 12.3 Å². The number of halogens is 4. The highest BCUT2D eigenvalue weighted by atomic mass is 35.5. The van der Waals surface area contributed by atoms with Crippen molar-refractivity contribution in [3.8, 4) is 28.3 Å². The van der Waals surface area contributed by atoms with Gasteiger partial charge in [-0.1, -0.05) is 12.1 Å². The van der Waals surface area contributed by atoms with Crippen molar-refractivity contribution >= 4 is 54.7 Å². The molecule has 2 amide bonds. The third-order valence-electron chi connectivity index (χ3n) is 8.08. The van der Waals surface area contributed by atoms with Crippen molar-refractivity contribution < 1.29 is 23.5 Å². The van der Waals surface area contributed by atoms with Crippen molar-refractivity contribution in [2.24, 2.45) is 0 Å². The van der Waals surface area contributed by atoms with Crippen LogP contribution >= 0.6 is 37.2 Å². The summed E-state index contributed by atoms with van der Waals surface area (Å²) < 4.78 is 26.2. The predicted molar refractivity (Wildman–Crippen MR) is 178 cm³/mol. The molecule has 2 aromatic carbocycles. The molecule has 1 aliphatic carbocycles. The second-order valence-electron chi connectivity index (χ2n) is 11.0. The fraction of sp³-hybridized carbons (Fsp3) is 0.433. The van der Waals surface area contributed by atoms with E-state index in [-0.39, 0.29) is 48.8 Å². The van der Waals surface area contributed by atoms with Crippen LogP contribution in [0, 0.1) is 5.82 Å². The molecule has 11 nitrogen and oxygen atoms in total. The highest BCUT2D eigenvalue weighted by Gasteiger charge is 2.35. The Bertz CT molecular complexity index is 1480. The standard InChI is InChI=1S/C30H36FN7O4.3ClH/c1-19(2)37-10-8-36(9-11-37)12-17-42-24-7-6-20(18-22(24)31)27-26-28(34-33-27)21-4-3-5-23(25(21)29(26)39)32-30(40)35-38-13-15-41-16-14-38;;;/h3-7,18-19H,8-17H2,1-2H3,(H,33,34)(H2,32,35,40);3*1H. The molecule has 3 heterocycles. The minimum absolute atomic E-state index is 0. The lowest BCUT2D eigenvalue weighted by molar-refractivity contribution is 0.0207. The molecule has 0 unspecified atom stereocenters. The molecule has 1 aromatic heterocycles. The Morgan fingerprint density at radius 1 is 1.04 bits per heavy atom. The molecule has 0 radical (unpaired) electrons. The Labute approximate surface area is 280 Å². The van der Waals surface area contributed by atoms with Gasteiger partial charge in [0.05, 0.1) is 35.7 Å². The maximum Gasteiger partial charge on any atom is 0.333 e. The van der Waals surface area contributed by atoms with E-state index in [1.165, 1.54) is 6.07 Å². The lowest BCUT2D eigenvalue weighted by Gasteiger charge is -2.36. The van der Waals surface area contributed by atoms with Crippen LogP contribution in [-0.2, 0) is 4.74 Å². The minimum atomic E-state index is -0.515. The van der Waals surface area contributed by atoms with E-state index in [0.717, 1.165) is 32.7 Å². The lowest BCUT2D eigenvalue weighted by Crippen LogP contribution is -2.49. The highest BCUT2D eigenvalue weighted by molar-refractivity contribution is 6.26. The van der Waals surface area contributed by atoms with Crippen molar-refractivity contribution in [2.75, 3.05) is 71.0 Å².